The Morgan fingerprint density at radius 1 is 1.24 bits per heavy atom. The summed E-state index contributed by atoms with van der Waals surface area (Å²) in [5.41, 5.74) is -0.883. The fraction of sp³-hybridized carbons (Fsp3) is 0.929. The lowest BCUT2D eigenvalue weighted by atomic mass is 9.82. The van der Waals surface area contributed by atoms with Gasteiger partial charge in [0.1, 0.15) is 0 Å². The summed E-state index contributed by atoms with van der Waals surface area (Å²) in [5.74, 6) is 0.151. The summed E-state index contributed by atoms with van der Waals surface area (Å²) >= 11 is 0. The summed E-state index contributed by atoms with van der Waals surface area (Å²) in [6.45, 7) is 6.40. The molecular formula is C14H27NO2. The first-order valence-electron chi connectivity index (χ1n) is 7.02. The van der Waals surface area contributed by atoms with Gasteiger partial charge in [0.2, 0.25) is 5.91 Å². The number of hydrogen-bond acceptors (Lipinski definition) is 2. The summed E-state index contributed by atoms with van der Waals surface area (Å²) in [5, 5.41) is 13.1. The summed E-state index contributed by atoms with van der Waals surface area (Å²) in [6, 6.07) is 0. The topological polar surface area (TPSA) is 49.3 Å². The summed E-state index contributed by atoms with van der Waals surface area (Å²) in [4.78, 5) is 12.3. The molecular weight excluding hydrogens is 214 g/mol. The molecule has 17 heavy (non-hydrogen) atoms. The number of rotatable bonds is 6. The van der Waals surface area contributed by atoms with E-state index in [2.05, 4.69) is 12.2 Å². The van der Waals surface area contributed by atoms with Crippen molar-refractivity contribution in [3.8, 4) is 0 Å². The van der Waals surface area contributed by atoms with Crippen LogP contribution >= 0.6 is 0 Å². The van der Waals surface area contributed by atoms with Gasteiger partial charge in [0, 0.05) is 12.0 Å². The maximum Gasteiger partial charge on any atom is 0.226 e. The molecule has 0 heterocycles. The van der Waals surface area contributed by atoms with Gasteiger partial charge in [-0.1, -0.05) is 33.6 Å². The van der Waals surface area contributed by atoms with Gasteiger partial charge in [-0.25, -0.2) is 0 Å². The number of nitrogens with one attached hydrogen (secondary N) is 1. The number of amides is 1. The van der Waals surface area contributed by atoms with Crippen LogP contribution in [-0.2, 0) is 4.79 Å². The molecule has 0 aromatic heterocycles. The first-order chi connectivity index (χ1) is 8.02. The van der Waals surface area contributed by atoms with Crippen LogP contribution in [0.25, 0.3) is 0 Å². The van der Waals surface area contributed by atoms with E-state index in [1.807, 2.05) is 13.8 Å². The predicted octanol–water partition coefficient (Wildman–Crippen LogP) is 2.62. The van der Waals surface area contributed by atoms with Crippen molar-refractivity contribution in [3.05, 3.63) is 0 Å². The van der Waals surface area contributed by atoms with Crippen molar-refractivity contribution in [1.82, 2.24) is 5.32 Å². The Bertz CT molecular complexity index is 253. The molecule has 3 heteroatoms. The van der Waals surface area contributed by atoms with Gasteiger partial charge >= 0.3 is 0 Å². The second-order valence-electron chi connectivity index (χ2n) is 5.46. The molecule has 0 aromatic carbocycles. The molecule has 1 aliphatic carbocycles. The Hall–Kier alpha value is -0.570. The van der Waals surface area contributed by atoms with Gasteiger partial charge < -0.3 is 10.4 Å². The highest BCUT2D eigenvalue weighted by molar-refractivity contribution is 5.82. The highest BCUT2D eigenvalue weighted by atomic mass is 16.3. The minimum Gasteiger partial charge on any atom is -0.388 e. The third kappa shape index (κ3) is 3.21. The summed E-state index contributed by atoms with van der Waals surface area (Å²) in [6.07, 6.45) is 6.61. The quantitative estimate of drug-likeness (QED) is 0.751. The molecule has 0 atom stereocenters. The molecule has 0 unspecified atom stereocenters. The van der Waals surface area contributed by atoms with Crippen molar-refractivity contribution < 1.29 is 9.90 Å². The van der Waals surface area contributed by atoms with Gasteiger partial charge in [0.05, 0.1) is 5.60 Å². The number of carbonyl (C=O) groups excluding carboxylic acids is 1. The SMILES string of the molecule is CCC(O)(CC)CNC(=O)C1(CC)CCCC1. The fourth-order valence-corrected chi connectivity index (χ4v) is 2.73. The largest absolute Gasteiger partial charge is 0.388 e. The van der Waals surface area contributed by atoms with Crippen molar-refractivity contribution in [2.45, 2.75) is 71.3 Å². The van der Waals surface area contributed by atoms with Gasteiger partial charge in [-0.2, -0.15) is 0 Å². The molecule has 100 valence electrons. The maximum absolute atomic E-state index is 12.3. The standard InChI is InChI=1S/C14H27NO2/c1-4-13(9-7-8-10-13)12(16)15-11-14(17,5-2)6-3/h17H,4-11H2,1-3H3,(H,15,16). The molecule has 0 spiro atoms. The van der Waals surface area contributed by atoms with Crippen LogP contribution in [0.3, 0.4) is 0 Å². The minimum atomic E-state index is -0.733. The molecule has 0 saturated heterocycles. The van der Waals surface area contributed by atoms with Crippen LogP contribution in [0.2, 0.25) is 0 Å². The third-order valence-electron chi connectivity index (χ3n) is 4.61. The number of aliphatic hydroxyl groups is 1. The van der Waals surface area contributed by atoms with Gasteiger partial charge in [0.15, 0.2) is 0 Å². The lowest BCUT2D eigenvalue weighted by Crippen LogP contribution is -2.47. The smallest absolute Gasteiger partial charge is 0.226 e. The molecule has 2 N–H and O–H groups in total. The molecule has 1 aliphatic rings. The number of carbonyl (C=O) groups is 1. The van der Waals surface area contributed by atoms with E-state index in [0.717, 1.165) is 32.1 Å². The van der Waals surface area contributed by atoms with Crippen LogP contribution in [0.5, 0.6) is 0 Å². The minimum absolute atomic E-state index is 0.150. The molecule has 3 nitrogen and oxygen atoms in total. The highest BCUT2D eigenvalue weighted by Crippen LogP contribution is 2.41. The van der Waals surface area contributed by atoms with E-state index in [-0.39, 0.29) is 11.3 Å². The molecule has 0 radical (unpaired) electrons. The fourth-order valence-electron chi connectivity index (χ4n) is 2.73. The highest BCUT2D eigenvalue weighted by Gasteiger charge is 2.39. The van der Waals surface area contributed by atoms with Crippen LogP contribution in [0.15, 0.2) is 0 Å². The van der Waals surface area contributed by atoms with Gasteiger partial charge in [0.25, 0.3) is 0 Å². The van der Waals surface area contributed by atoms with Gasteiger partial charge in [-0.3, -0.25) is 4.79 Å². The van der Waals surface area contributed by atoms with Crippen molar-refractivity contribution in [2.24, 2.45) is 5.41 Å². The van der Waals surface area contributed by atoms with Crippen LogP contribution in [0.4, 0.5) is 0 Å². The number of hydrogen-bond donors (Lipinski definition) is 2. The molecule has 1 amide bonds. The molecule has 1 rings (SSSR count). The van der Waals surface area contributed by atoms with Crippen LogP contribution < -0.4 is 5.32 Å². The van der Waals surface area contributed by atoms with Crippen molar-refractivity contribution >= 4 is 5.91 Å². The molecule has 1 fully saturated rings. The van der Waals surface area contributed by atoms with Gasteiger partial charge in [-0.05, 0) is 32.1 Å². The zero-order valence-electron chi connectivity index (χ0n) is 11.5. The molecule has 1 saturated carbocycles. The zero-order valence-corrected chi connectivity index (χ0v) is 11.5. The molecule has 0 aliphatic heterocycles. The second kappa shape index (κ2) is 5.85. The van der Waals surface area contributed by atoms with Gasteiger partial charge in [-0.15, -0.1) is 0 Å². The van der Waals surface area contributed by atoms with Crippen LogP contribution in [0.1, 0.15) is 65.7 Å². The normalized spacial score (nSPS) is 19.3. The lowest BCUT2D eigenvalue weighted by Gasteiger charge is -2.30. The molecule has 0 aromatic rings. The van der Waals surface area contributed by atoms with E-state index in [1.54, 1.807) is 0 Å². The van der Waals surface area contributed by atoms with E-state index in [9.17, 15) is 9.90 Å². The van der Waals surface area contributed by atoms with E-state index in [1.165, 1.54) is 0 Å². The lowest BCUT2D eigenvalue weighted by molar-refractivity contribution is -0.132. The van der Waals surface area contributed by atoms with E-state index in [0.29, 0.717) is 19.4 Å². The summed E-state index contributed by atoms with van der Waals surface area (Å²) < 4.78 is 0. The van der Waals surface area contributed by atoms with Crippen molar-refractivity contribution in [1.29, 1.82) is 0 Å². The maximum atomic E-state index is 12.3. The zero-order chi connectivity index (χ0) is 12.9. The van der Waals surface area contributed by atoms with E-state index in [4.69, 9.17) is 0 Å². The van der Waals surface area contributed by atoms with E-state index < -0.39 is 5.60 Å². The Morgan fingerprint density at radius 2 is 1.76 bits per heavy atom. The van der Waals surface area contributed by atoms with Crippen molar-refractivity contribution in [3.63, 3.8) is 0 Å². The Balaban J connectivity index is 2.54. The van der Waals surface area contributed by atoms with E-state index >= 15 is 0 Å². The molecule has 0 bridgehead atoms. The predicted molar refractivity (Wildman–Crippen MR) is 69.7 cm³/mol. The second-order valence-corrected chi connectivity index (χ2v) is 5.46. The van der Waals surface area contributed by atoms with Crippen LogP contribution in [0, 0.1) is 5.41 Å². The van der Waals surface area contributed by atoms with Crippen LogP contribution in [-0.4, -0.2) is 23.2 Å². The Morgan fingerprint density at radius 3 is 2.18 bits per heavy atom. The monoisotopic (exact) mass is 241 g/mol. The average molecular weight is 241 g/mol. The average Bonchev–Trinajstić information content (AvgIpc) is 2.85. The van der Waals surface area contributed by atoms with Crippen molar-refractivity contribution in [2.75, 3.05) is 6.54 Å². The first-order valence-corrected chi connectivity index (χ1v) is 7.02. The summed E-state index contributed by atoms with van der Waals surface area (Å²) in [7, 11) is 0. The Kier molecular flexibility index (Phi) is 4.99. The third-order valence-corrected chi connectivity index (χ3v) is 4.61. The first kappa shape index (κ1) is 14.5. The Labute approximate surface area is 105 Å².